The molecule has 13 heavy (non-hydrogen) atoms. The Hall–Kier alpha value is -1.58. The Morgan fingerprint density at radius 3 is 2.69 bits per heavy atom. The summed E-state index contributed by atoms with van der Waals surface area (Å²) in [7, 11) is 0. The minimum atomic E-state index is -0.179. The standard InChI is InChI=1S/C9H11N3O/c1-5-4-12-8(7(3)6(5)2)10-11-9(12)13/h4H,1-3H3,(H,11,13). The Kier molecular flexibility index (Phi) is 1.52. The number of aromatic nitrogens is 3. The van der Waals surface area contributed by atoms with Gasteiger partial charge in [0.05, 0.1) is 0 Å². The molecule has 1 N–H and O–H groups in total. The number of aromatic amines is 1. The van der Waals surface area contributed by atoms with Gasteiger partial charge in [-0.3, -0.25) is 0 Å². The summed E-state index contributed by atoms with van der Waals surface area (Å²) < 4.78 is 1.54. The second-order valence-electron chi connectivity index (χ2n) is 3.28. The minimum Gasteiger partial charge on any atom is -0.250 e. The van der Waals surface area contributed by atoms with Crippen LogP contribution < -0.4 is 5.69 Å². The molecular weight excluding hydrogens is 166 g/mol. The second-order valence-corrected chi connectivity index (χ2v) is 3.28. The van der Waals surface area contributed by atoms with Crippen LogP contribution in [-0.2, 0) is 0 Å². The van der Waals surface area contributed by atoms with E-state index in [0.717, 1.165) is 11.1 Å². The van der Waals surface area contributed by atoms with Crippen LogP contribution >= 0.6 is 0 Å². The van der Waals surface area contributed by atoms with E-state index < -0.39 is 0 Å². The second kappa shape index (κ2) is 2.45. The van der Waals surface area contributed by atoms with Crippen molar-refractivity contribution in [2.24, 2.45) is 0 Å². The summed E-state index contributed by atoms with van der Waals surface area (Å²) in [6, 6.07) is 0. The van der Waals surface area contributed by atoms with Crippen molar-refractivity contribution in [2.45, 2.75) is 20.8 Å². The molecule has 2 rings (SSSR count). The number of hydrogen-bond donors (Lipinski definition) is 1. The van der Waals surface area contributed by atoms with Crippen molar-refractivity contribution in [3.05, 3.63) is 33.4 Å². The first-order valence-electron chi connectivity index (χ1n) is 4.15. The van der Waals surface area contributed by atoms with Gasteiger partial charge in [0.2, 0.25) is 0 Å². The maximum absolute atomic E-state index is 11.2. The molecule has 2 aromatic heterocycles. The minimum absolute atomic E-state index is 0.179. The van der Waals surface area contributed by atoms with E-state index in [4.69, 9.17) is 0 Å². The molecule has 0 fully saturated rings. The first kappa shape index (κ1) is 8.04. The van der Waals surface area contributed by atoms with E-state index in [9.17, 15) is 4.79 Å². The van der Waals surface area contributed by atoms with Gasteiger partial charge in [-0.15, -0.1) is 0 Å². The first-order chi connectivity index (χ1) is 6.11. The van der Waals surface area contributed by atoms with Crippen LogP contribution in [0.3, 0.4) is 0 Å². The molecule has 2 heterocycles. The average Bonchev–Trinajstić information content (AvgIpc) is 2.45. The van der Waals surface area contributed by atoms with Crippen LogP contribution in [0.15, 0.2) is 11.0 Å². The van der Waals surface area contributed by atoms with Crippen molar-refractivity contribution in [1.29, 1.82) is 0 Å². The van der Waals surface area contributed by atoms with Gasteiger partial charge in [0.25, 0.3) is 0 Å². The number of H-pyrrole nitrogens is 1. The predicted molar refractivity (Wildman–Crippen MR) is 50.0 cm³/mol. The third kappa shape index (κ3) is 0.983. The Labute approximate surface area is 75.2 Å². The number of pyridine rings is 1. The number of nitrogens with one attached hydrogen (secondary N) is 1. The monoisotopic (exact) mass is 177 g/mol. The van der Waals surface area contributed by atoms with Crippen LogP contribution in [0.1, 0.15) is 16.7 Å². The molecule has 0 aliphatic heterocycles. The molecule has 0 spiro atoms. The van der Waals surface area contributed by atoms with Crippen molar-refractivity contribution >= 4 is 5.65 Å². The molecule has 0 atom stereocenters. The van der Waals surface area contributed by atoms with E-state index in [-0.39, 0.29) is 5.69 Å². The van der Waals surface area contributed by atoms with Crippen molar-refractivity contribution in [2.75, 3.05) is 0 Å². The summed E-state index contributed by atoms with van der Waals surface area (Å²) in [5, 5.41) is 6.37. The zero-order valence-electron chi connectivity index (χ0n) is 7.88. The van der Waals surface area contributed by atoms with Gasteiger partial charge < -0.3 is 0 Å². The van der Waals surface area contributed by atoms with Gasteiger partial charge in [0.1, 0.15) is 0 Å². The molecule has 0 saturated carbocycles. The van der Waals surface area contributed by atoms with Crippen molar-refractivity contribution in [3.63, 3.8) is 0 Å². The largest absolute Gasteiger partial charge is 0.347 e. The molecule has 4 nitrogen and oxygen atoms in total. The molecule has 0 aliphatic rings. The first-order valence-corrected chi connectivity index (χ1v) is 4.15. The lowest BCUT2D eigenvalue weighted by molar-refractivity contribution is 1.01. The topological polar surface area (TPSA) is 50.2 Å². The van der Waals surface area contributed by atoms with Gasteiger partial charge in [-0.05, 0) is 37.5 Å². The molecule has 0 radical (unpaired) electrons. The predicted octanol–water partition coefficient (Wildman–Crippen LogP) is 0.948. The number of nitrogens with zero attached hydrogens (tertiary/aromatic N) is 2. The molecule has 68 valence electrons. The summed E-state index contributed by atoms with van der Waals surface area (Å²) in [4.78, 5) is 11.2. The molecule has 0 unspecified atom stereocenters. The lowest BCUT2D eigenvalue weighted by Gasteiger charge is -2.04. The van der Waals surface area contributed by atoms with E-state index in [1.807, 2.05) is 27.0 Å². The third-order valence-electron chi connectivity index (χ3n) is 2.52. The highest BCUT2D eigenvalue weighted by molar-refractivity contribution is 5.51. The maximum Gasteiger partial charge on any atom is 0.347 e. The maximum atomic E-state index is 11.2. The third-order valence-corrected chi connectivity index (χ3v) is 2.52. The number of rotatable bonds is 0. The van der Waals surface area contributed by atoms with Crippen molar-refractivity contribution < 1.29 is 0 Å². The Bertz CT molecular complexity index is 521. The van der Waals surface area contributed by atoms with Crippen molar-refractivity contribution in [1.82, 2.24) is 14.6 Å². The van der Waals surface area contributed by atoms with Crippen LogP contribution in [0.5, 0.6) is 0 Å². The van der Waals surface area contributed by atoms with Gasteiger partial charge in [0.15, 0.2) is 5.65 Å². The summed E-state index contributed by atoms with van der Waals surface area (Å²) in [5.74, 6) is 0. The lowest BCUT2D eigenvalue weighted by atomic mass is 10.1. The highest BCUT2D eigenvalue weighted by Crippen LogP contribution is 2.14. The van der Waals surface area contributed by atoms with Crippen LogP contribution in [0.25, 0.3) is 5.65 Å². The molecule has 0 aromatic carbocycles. The fourth-order valence-electron chi connectivity index (χ4n) is 1.44. The molecule has 0 saturated heterocycles. The van der Waals surface area contributed by atoms with Gasteiger partial charge >= 0.3 is 5.69 Å². The number of fused-ring (bicyclic) bond motifs is 1. The van der Waals surface area contributed by atoms with Crippen LogP contribution in [0, 0.1) is 20.8 Å². The average molecular weight is 177 g/mol. The lowest BCUT2D eigenvalue weighted by Crippen LogP contribution is -2.10. The van der Waals surface area contributed by atoms with Gasteiger partial charge in [-0.25, -0.2) is 14.3 Å². The zero-order valence-corrected chi connectivity index (χ0v) is 7.88. The highest BCUT2D eigenvalue weighted by atomic mass is 16.1. The van der Waals surface area contributed by atoms with E-state index in [1.165, 1.54) is 9.96 Å². The Morgan fingerprint density at radius 2 is 2.00 bits per heavy atom. The normalized spacial score (nSPS) is 11.0. The number of aryl methyl sites for hydroxylation is 2. The fraction of sp³-hybridized carbons (Fsp3) is 0.333. The van der Waals surface area contributed by atoms with E-state index in [0.29, 0.717) is 5.65 Å². The summed E-state index contributed by atoms with van der Waals surface area (Å²) in [5.41, 5.74) is 3.88. The summed E-state index contributed by atoms with van der Waals surface area (Å²) >= 11 is 0. The van der Waals surface area contributed by atoms with Crippen LogP contribution in [-0.4, -0.2) is 14.6 Å². The summed E-state index contributed by atoms with van der Waals surface area (Å²) in [6.07, 6.45) is 1.81. The van der Waals surface area contributed by atoms with Gasteiger partial charge in [-0.1, -0.05) is 0 Å². The number of hydrogen-bond acceptors (Lipinski definition) is 2. The van der Waals surface area contributed by atoms with E-state index in [1.54, 1.807) is 0 Å². The van der Waals surface area contributed by atoms with Gasteiger partial charge in [0, 0.05) is 6.20 Å². The highest BCUT2D eigenvalue weighted by Gasteiger charge is 2.07. The smallest absolute Gasteiger partial charge is 0.250 e. The SMILES string of the molecule is Cc1cn2c(=O)[nH]nc2c(C)c1C. The molecule has 0 aliphatic carbocycles. The zero-order chi connectivity index (χ0) is 9.59. The quantitative estimate of drug-likeness (QED) is 0.651. The molecule has 4 heteroatoms. The molecule has 2 aromatic rings. The van der Waals surface area contributed by atoms with Gasteiger partial charge in [-0.2, -0.15) is 5.10 Å². The summed E-state index contributed by atoms with van der Waals surface area (Å²) in [6.45, 7) is 5.99. The fourth-order valence-corrected chi connectivity index (χ4v) is 1.44. The van der Waals surface area contributed by atoms with Crippen molar-refractivity contribution in [3.8, 4) is 0 Å². The Balaban J connectivity index is 3.04. The molecular formula is C9H11N3O. The molecule has 0 bridgehead atoms. The Morgan fingerprint density at radius 1 is 1.31 bits per heavy atom. The van der Waals surface area contributed by atoms with E-state index in [2.05, 4.69) is 10.2 Å². The van der Waals surface area contributed by atoms with Crippen LogP contribution in [0.4, 0.5) is 0 Å². The van der Waals surface area contributed by atoms with Crippen LogP contribution in [0.2, 0.25) is 0 Å². The molecule has 0 amide bonds. The van der Waals surface area contributed by atoms with E-state index >= 15 is 0 Å².